The predicted octanol–water partition coefficient (Wildman–Crippen LogP) is 12.0. The highest BCUT2D eigenvalue weighted by Gasteiger charge is 2.24. The number of fused-ring (bicyclic) bond motifs is 1. The molecule has 2 heteroatoms. The molecule has 4 aliphatic rings. The molecule has 2 aromatic carbocycles. The molecule has 50 heavy (non-hydrogen) atoms. The fourth-order valence-electron chi connectivity index (χ4n) is 7.54. The summed E-state index contributed by atoms with van der Waals surface area (Å²) >= 11 is 0. The van der Waals surface area contributed by atoms with Gasteiger partial charge in [-0.25, -0.2) is 0 Å². The zero-order valence-electron chi connectivity index (χ0n) is 30.0. The Bertz CT molecular complexity index is 1890. The molecule has 0 heterocycles. The van der Waals surface area contributed by atoms with Crippen molar-refractivity contribution in [2.24, 2.45) is 17.6 Å². The van der Waals surface area contributed by atoms with Crippen LogP contribution in [0, 0.1) is 11.8 Å². The van der Waals surface area contributed by atoms with Crippen LogP contribution in [0.2, 0.25) is 0 Å². The minimum atomic E-state index is 0.211. The molecule has 3 N–H and O–H groups in total. The molecule has 0 aliphatic heterocycles. The van der Waals surface area contributed by atoms with E-state index in [0.29, 0.717) is 11.8 Å². The van der Waals surface area contributed by atoms with Crippen LogP contribution in [0.4, 0.5) is 0 Å². The zero-order chi connectivity index (χ0) is 34.9. The van der Waals surface area contributed by atoms with Gasteiger partial charge in [0.25, 0.3) is 0 Å². The van der Waals surface area contributed by atoms with E-state index in [2.05, 4.69) is 166 Å². The lowest BCUT2D eigenvalue weighted by atomic mass is 9.77. The molecular weight excluding hydrogens is 605 g/mol. The maximum absolute atomic E-state index is 6.55. The summed E-state index contributed by atoms with van der Waals surface area (Å²) in [6.07, 6.45) is 38.1. The van der Waals surface area contributed by atoms with Gasteiger partial charge in [-0.1, -0.05) is 167 Å². The van der Waals surface area contributed by atoms with Gasteiger partial charge < -0.3 is 11.1 Å². The van der Waals surface area contributed by atoms with Crippen LogP contribution in [0.15, 0.2) is 192 Å². The summed E-state index contributed by atoms with van der Waals surface area (Å²) in [6, 6.07) is 20.1. The smallest absolute Gasteiger partial charge is 0.0536 e. The average Bonchev–Trinajstić information content (AvgIpc) is 3.17. The first kappa shape index (κ1) is 34.8. The lowest BCUT2D eigenvalue weighted by molar-refractivity contribution is 0.446. The molecule has 0 fully saturated rings. The largest absolute Gasteiger partial charge is 0.404 e. The molecule has 0 amide bonds. The van der Waals surface area contributed by atoms with E-state index in [4.69, 9.17) is 5.73 Å². The molecule has 0 radical (unpaired) electrons. The predicted molar refractivity (Wildman–Crippen MR) is 215 cm³/mol. The Morgan fingerprint density at radius 2 is 1.52 bits per heavy atom. The molecule has 6 rings (SSSR count). The van der Waals surface area contributed by atoms with Crippen molar-refractivity contribution in [1.82, 2.24) is 5.32 Å². The molecule has 2 aromatic rings. The Balaban J connectivity index is 1.33. The number of hydrogen-bond acceptors (Lipinski definition) is 2. The van der Waals surface area contributed by atoms with Crippen molar-refractivity contribution in [3.8, 4) is 0 Å². The lowest BCUT2D eigenvalue weighted by Gasteiger charge is -2.28. The highest BCUT2D eigenvalue weighted by Crippen LogP contribution is 2.41. The first-order valence-electron chi connectivity index (χ1n) is 18.4. The number of benzene rings is 2. The molecule has 254 valence electrons. The van der Waals surface area contributed by atoms with Crippen LogP contribution in [0.1, 0.15) is 81.5 Å². The summed E-state index contributed by atoms with van der Waals surface area (Å²) in [5, 5.41) is 3.99. The first-order valence-corrected chi connectivity index (χ1v) is 18.4. The second kappa shape index (κ2) is 16.5. The summed E-state index contributed by atoms with van der Waals surface area (Å²) in [6.45, 7) is 11.2. The normalized spacial score (nSPS) is 20.6. The van der Waals surface area contributed by atoms with Gasteiger partial charge in [0.05, 0.1) is 6.04 Å². The van der Waals surface area contributed by atoms with Crippen molar-refractivity contribution in [3.05, 3.63) is 208 Å². The number of hydrogen-bond donors (Lipinski definition) is 2. The van der Waals surface area contributed by atoms with Crippen LogP contribution >= 0.6 is 0 Å². The molecule has 0 saturated heterocycles. The monoisotopic (exact) mass is 656 g/mol. The van der Waals surface area contributed by atoms with E-state index in [-0.39, 0.29) is 12.0 Å². The van der Waals surface area contributed by atoms with Crippen LogP contribution in [0.3, 0.4) is 0 Å². The van der Waals surface area contributed by atoms with Gasteiger partial charge in [-0.15, -0.1) is 0 Å². The van der Waals surface area contributed by atoms with Crippen LogP contribution in [-0.4, -0.2) is 0 Å². The van der Waals surface area contributed by atoms with Gasteiger partial charge >= 0.3 is 0 Å². The fourth-order valence-corrected chi connectivity index (χ4v) is 7.54. The topological polar surface area (TPSA) is 38.0 Å². The SMILES string of the molecule is C=C/C(C1=CC=C2C=CC=CC2C1)=C(C1=CC=CCC1)\C(=C/N)c1ccc([C@H](C)/C=C(\NC(c2ccccc2)C(C)C)C2=CC=CCC2)cc1. The van der Waals surface area contributed by atoms with Crippen molar-refractivity contribution < 1.29 is 0 Å². The van der Waals surface area contributed by atoms with E-state index in [1.807, 2.05) is 6.08 Å². The maximum Gasteiger partial charge on any atom is 0.0536 e. The highest BCUT2D eigenvalue weighted by atomic mass is 14.9. The van der Waals surface area contributed by atoms with Gasteiger partial charge in [-0.2, -0.15) is 0 Å². The third-order valence-corrected chi connectivity index (χ3v) is 10.3. The number of allylic oxidation sites excluding steroid dienone is 21. The van der Waals surface area contributed by atoms with E-state index in [9.17, 15) is 0 Å². The Morgan fingerprint density at radius 3 is 2.16 bits per heavy atom. The van der Waals surface area contributed by atoms with Crippen molar-refractivity contribution in [3.63, 3.8) is 0 Å². The van der Waals surface area contributed by atoms with E-state index < -0.39 is 0 Å². The van der Waals surface area contributed by atoms with Crippen LogP contribution in [0.25, 0.3) is 5.57 Å². The minimum absolute atomic E-state index is 0.211. The minimum Gasteiger partial charge on any atom is -0.404 e. The van der Waals surface area contributed by atoms with Gasteiger partial charge in [-0.3, -0.25) is 0 Å². The molecule has 3 atom stereocenters. The summed E-state index contributed by atoms with van der Waals surface area (Å²) in [4.78, 5) is 0. The molecule has 4 aliphatic carbocycles. The Kier molecular flexibility index (Phi) is 11.5. The summed E-state index contributed by atoms with van der Waals surface area (Å²) < 4.78 is 0. The van der Waals surface area contributed by atoms with E-state index >= 15 is 0 Å². The second-order valence-electron chi connectivity index (χ2n) is 14.1. The molecule has 2 nitrogen and oxygen atoms in total. The van der Waals surface area contributed by atoms with Gasteiger partial charge in [0.1, 0.15) is 0 Å². The third-order valence-electron chi connectivity index (χ3n) is 10.3. The van der Waals surface area contributed by atoms with E-state index in [1.165, 1.54) is 50.3 Å². The van der Waals surface area contributed by atoms with Gasteiger partial charge in [-0.05, 0) is 88.2 Å². The quantitative estimate of drug-likeness (QED) is 0.223. The molecule has 0 aromatic heterocycles. The maximum atomic E-state index is 6.55. The molecule has 0 bridgehead atoms. The molecule has 0 spiro atoms. The Morgan fingerprint density at radius 1 is 0.800 bits per heavy atom. The van der Waals surface area contributed by atoms with Crippen molar-refractivity contribution in [1.29, 1.82) is 0 Å². The first-order chi connectivity index (χ1) is 24.5. The molecular formula is C48H52N2. The van der Waals surface area contributed by atoms with Crippen LogP contribution in [0.5, 0.6) is 0 Å². The number of nitrogens with two attached hydrogens (primary N) is 1. The van der Waals surface area contributed by atoms with E-state index in [0.717, 1.165) is 43.2 Å². The van der Waals surface area contributed by atoms with E-state index in [1.54, 1.807) is 6.20 Å². The standard InChI is InChI=1S/C48H52N2/c1-5-44(43-30-27-37-17-15-16-24-42(37)32-43)47(40-20-11-7-12-21-40)45(33-49)38-28-25-36(26-29-38)35(4)31-46(39-18-9-6-10-19-39)50-48(34(2)3)41-22-13-8-14-23-41/h5-9,11,13-18,20,22-31,33-35,42,48,50H,1,10,12,19,21,32,49H2,2-4H3/b45-33-,46-31-,47-44+/t35-,42?,48?/m1/s1. The lowest BCUT2D eigenvalue weighted by Crippen LogP contribution is -2.26. The second-order valence-corrected chi connectivity index (χ2v) is 14.1. The number of rotatable bonds is 12. The Hall–Kier alpha value is -5.08. The molecule has 0 saturated carbocycles. The highest BCUT2D eigenvalue weighted by molar-refractivity contribution is 5.87. The van der Waals surface area contributed by atoms with Crippen molar-refractivity contribution in [2.45, 2.75) is 64.8 Å². The van der Waals surface area contributed by atoms with Gasteiger partial charge in [0.15, 0.2) is 0 Å². The molecule has 2 unspecified atom stereocenters. The zero-order valence-corrected chi connectivity index (χ0v) is 30.0. The average molecular weight is 657 g/mol. The van der Waals surface area contributed by atoms with Crippen molar-refractivity contribution >= 4 is 5.57 Å². The van der Waals surface area contributed by atoms with Gasteiger partial charge in [0, 0.05) is 29.3 Å². The van der Waals surface area contributed by atoms with Crippen molar-refractivity contribution in [2.75, 3.05) is 0 Å². The summed E-state index contributed by atoms with van der Waals surface area (Å²) in [5.74, 6) is 1.04. The summed E-state index contributed by atoms with van der Waals surface area (Å²) in [5.41, 5.74) is 20.2. The number of nitrogens with one attached hydrogen (secondary N) is 1. The fraction of sp³-hybridized carbons (Fsp3) is 0.250. The third kappa shape index (κ3) is 8.03. The summed E-state index contributed by atoms with van der Waals surface area (Å²) in [7, 11) is 0. The Labute approximate surface area is 300 Å². The van der Waals surface area contributed by atoms with Gasteiger partial charge in [0.2, 0.25) is 0 Å². The van der Waals surface area contributed by atoms with Crippen LogP contribution in [-0.2, 0) is 0 Å². The van der Waals surface area contributed by atoms with Crippen LogP contribution < -0.4 is 11.1 Å².